The van der Waals surface area contributed by atoms with Crippen LogP contribution in [0.2, 0.25) is 0 Å². The van der Waals surface area contributed by atoms with Crippen molar-refractivity contribution in [3.05, 3.63) is 350 Å². The van der Waals surface area contributed by atoms with E-state index in [4.69, 9.17) is 19.3 Å². The van der Waals surface area contributed by atoms with Crippen LogP contribution in [0.25, 0.3) is 0 Å². The van der Waals surface area contributed by atoms with Crippen molar-refractivity contribution < 1.29 is 0 Å². The van der Waals surface area contributed by atoms with E-state index in [9.17, 15) is 0 Å². The van der Waals surface area contributed by atoms with Gasteiger partial charge in [0.2, 0.25) is 0 Å². The predicted molar refractivity (Wildman–Crippen MR) is 564 cm³/mol. The molecule has 0 radical (unpaired) electrons. The summed E-state index contributed by atoms with van der Waals surface area (Å²) in [5, 5.41) is 0. The number of rotatable bonds is 36. The number of unbranched alkanes of at least 4 members (excludes halogenated alkanes) is 6. The summed E-state index contributed by atoms with van der Waals surface area (Å²) in [6.45, 7) is 27.7. The molecule has 0 bridgehead atoms. The molecule has 0 aliphatic heterocycles. The fraction of sp³-hybridized carbons (Fsp3) is 0.364. The van der Waals surface area contributed by atoms with Gasteiger partial charge in [-0.25, -0.2) is 0 Å². The summed E-state index contributed by atoms with van der Waals surface area (Å²) in [5.41, 5.74) is 27.6. The van der Waals surface area contributed by atoms with Gasteiger partial charge < -0.3 is 0 Å². The van der Waals surface area contributed by atoms with E-state index in [0.717, 1.165) is 194 Å². The monoisotopic (exact) mass is 1720 g/mol. The topological polar surface area (TPSA) is 0 Å². The molecule has 666 valence electrons. The van der Waals surface area contributed by atoms with E-state index in [2.05, 4.69) is 335 Å². The van der Waals surface area contributed by atoms with Crippen LogP contribution in [0.4, 0.5) is 0 Å². The highest BCUT2D eigenvalue weighted by Crippen LogP contribution is 2.33. The lowest BCUT2D eigenvalue weighted by molar-refractivity contribution is 0.446. The van der Waals surface area contributed by atoms with Crippen molar-refractivity contribution in [2.75, 3.05) is 0 Å². The Labute approximate surface area is 799 Å². The van der Waals surface area contributed by atoms with Gasteiger partial charge in [-0.15, -0.1) is 19.3 Å². The lowest BCUT2D eigenvalue weighted by atomic mass is 9.85. The summed E-state index contributed by atoms with van der Waals surface area (Å²) in [4.78, 5) is 0. The molecule has 0 aliphatic rings. The van der Waals surface area contributed by atoms with Gasteiger partial charge in [-0.1, -0.05) is 362 Å². The first-order chi connectivity index (χ1) is 64.6. The first-order valence-electron chi connectivity index (χ1n) is 49.9. The van der Waals surface area contributed by atoms with Crippen molar-refractivity contribution in [2.24, 2.45) is 35.5 Å². The van der Waals surface area contributed by atoms with Crippen LogP contribution in [0.5, 0.6) is 0 Å². The summed E-state index contributed by atoms with van der Waals surface area (Å²) < 4.78 is 0. The van der Waals surface area contributed by atoms with Crippen molar-refractivity contribution in [3.63, 3.8) is 0 Å². The minimum atomic E-state index is 0.551. The third-order valence-electron chi connectivity index (χ3n) is 26.1. The zero-order chi connectivity index (χ0) is 93.4. The Morgan fingerprint density at radius 1 is 0.167 bits per heavy atom. The van der Waals surface area contributed by atoms with Crippen molar-refractivity contribution >= 4 is 0 Å². The molecule has 10 rings (SSSR count). The van der Waals surface area contributed by atoms with Gasteiger partial charge in [-0.05, 0) is 308 Å². The van der Waals surface area contributed by atoms with Gasteiger partial charge in [0.15, 0.2) is 0 Å². The van der Waals surface area contributed by atoms with Gasteiger partial charge >= 0.3 is 0 Å². The van der Waals surface area contributed by atoms with Crippen molar-refractivity contribution in [1.82, 2.24) is 0 Å². The molecule has 0 saturated carbocycles. The zero-order valence-corrected chi connectivity index (χ0v) is 81.5. The average molecular weight is 1720 g/mol. The van der Waals surface area contributed by atoms with Gasteiger partial charge in [0, 0.05) is 117 Å². The normalized spacial score (nSPS) is 11.8. The van der Waals surface area contributed by atoms with E-state index in [0.29, 0.717) is 35.5 Å². The Morgan fingerprint density at radius 2 is 0.295 bits per heavy atom. The molecule has 0 aromatic heterocycles. The molecule has 0 aliphatic carbocycles. The molecule has 132 heavy (non-hydrogen) atoms. The maximum Gasteiger partial charge on any atom is 0.0284 e. The van der Waals surface area contributed by atoms with E-state index in [1.54, 1.807) is 0 Å². The lowest BCUT2D eigenvalue weighted by Crippen LogP contribution is -2.09. The third-order valence-corrected chi connectivity index (χ3v) is 26.1. The van der Waals surface area contributed by atoms with Gasteiger partial charge in [-0.2, -0.15) is 0 Å². The molecule has 0 N–H and O–H groups in total. The summed E-state index contributed by atoms with van der Waals surface area (Å²) in [6, 6.07) is 69.6. The summed E-state index contributed by atoms with van der Waals surface area (Å²) in [7, 11) is 0. The van der Waals surface area contributed by atoms with Gasteiger partial charge in [0.25, 0.3) is 0 Å². The Morgan fingerprint density at radius 3 is 0.424 bits per heavy atom. The Kier molecular flexibility index (Phi) is 42.7. The van der Waals surface area contributed by atoms with Crippen LogP contribution < -0.4 is 0 Å². The number of benzene rings is 10. The van der Waals surface area contributed by atoms with Crippen LogP contribution in [0.3, 0.4) is 0 Å². The first kappa shape index (κ1) is 101. The predicted octanol–water partition coefficient (Wildman–Crippen LogP) is 30.8. The second-order valence-corrected chi connectivity index (χ2v) is 36.2. The molecule has 0 heterocycles. The van der Waals surface area contributed by atoms with Crippen molar-refractivity contribution in [3.8, 4) is 144 Å². The Balaban J connectivity index is 1.01. The molecule has 10 aromatic carbocycles. The van der Waals surface area contributed by atoms with E-state index in [1.807, 2.05) is 72.8 Å². The minimum Gasteiger partial charge on any atom is -0.115 e. The second kappa shape index (κ2) is 55.8. The van der Waals surface area contributed by atoms with Crippen molar-refractivity contribution in [1.29, 1.82) is 0 Å². The van der Waals surface area contributed by atoms with Gasteiger partial charge in [0.05, 0.1) is 0 Å². The minimum absolute atomic E-state index is 0.551. The molecular weight excluding hydrogens is 1590 g/mol. The standard InChI is InChI=1S/C132H138/c1-16-31-37-103(25-10)88-127-97-124(130(91-106(28-13)40-34-19-4)94-121(127)79-73-112-49-43-100(22-7)44-50-112)82-76-115-61-55-109(56-62-115)67-70-118-85-119(71-68-110-57-63-116(64-58-110)77-83-125-98-128(89-104(26-11)38-32-17-2)122(80-74-113-51-45-101(23-8)46-52-113)95-131(125)92-107(29-14)41-35-20-5)87-120(86-118)72-69-111-59-65-117(66-60-111)78-84-126-99-129(90-105(27-12)39-33-18-3)123(81-75-114-53-47-102(24-9)48-54-114)96-132(126)93-108(30-15)42-36-21-6/h7-9,43-66,85-87,94-99,103-108H,16-21,25-42,88-93H2,1-6,10-15H3. The summed E-state index contributed by atoms with van der Waals surface area (Å²) in [6.07, 6.45) is 51.2. The molecule has 0 fully saturated rings. The molecule has 0 nitrogen and oxygen atoms in total. The van der Waals surface area contributed by atoms with E-state index in [1.165, 1.54) is 149 Å². The molecule has 6 unspecified atom stereocenters. The van der Waals surface area contributed by atoms with Crippen LogP contribution in [0, 0.1) is 179 Å². The Bertz CT molecular complexity index is 5570. The smallest absolute Gasteiger partial charge is 0.0284 e. The van der Waals surface area contributed by atoms with E-state index >= 15 is 0 Å². The maximum atomic E-state index is 5.74. The maximum absolute atomic E-state index is 5.74. The fourth-order valence-corrected chi connectivity index (χ4v) is 17.3. The third kappa shape index (κ3) is 33.1. The molecule has 6 atom stereocenters. The van der Waals surface area contributed by atoms with E-state index in [-0.39, 0.29) is 0 Å². The highest BCUT2D eigenvalue weighted by Gasteiger charge is 2.21. The summed E-state index contributed by atoms with van der Waals surface area (Å²) >= 11 is 0. The molecule has 10 aromatic rings. The van der Waals surface area contributed by atoms with Crippen LogP contribution in [-0.4, -0.2) is 0 Å². The van der Waals surface area contributed by atoms with Crippen molar-refractivity contribution in [2.45, 2.75) is 276 Å². The average Bonchev–Trinajstić information content (AvgIpc) is 0.814. The first-order valence-corrected chi connectivity index (χ1v) is 49.9. The van der Waals surface area contributed by atoms with Crippen LogP contribution in [0.1, 0.15) is 387 Å². The molecule has 0 heteroatoms. The van der Waals surface area contributed by atoms with E-state index < -0.39 is 0 Å². The van der Waals surface area contributed by atoms with Crippen LogP contribution >= 0.6 is 0 Å². The largest absolute Gasteiger partial charge is 0.115 e. The number of terminal acetylenes is 3. The quantitative estimate of drug-likeness (QED) is 0.0343. The van der Waals surface area contributed by atoms with Crippen LogP contribution in [-0.2, 0) is 38.5 Å². The SMILES string of the molecule is C#Cc1ccc(C#Cc2cc(CC(CC)CCCC)c(C#Cc3ccc(C#Cc4cc(C#Cc5ccc(C#Cc6cc(CC(CC)CCCC)c(C#Cc7ccc(C#C)cc7)cc6CC(CC)CCCC)cc5)cc(C#Cc5ccc(C#Cc6cc(CC(CC)CCCC)c(C#Cc7ccc(C#C)cc7)cc6CC(CC)CCCC)cc5)c4)cc3)cc2CC(CC)CCCC)cc1. The fourth-order valence-electron chi connectivity index (χ4n) is 17.3. The summed E-state index contributed by atoms with van der Waals surface area (Å²) in [5.74, 6) is 76.4. The highest BCUT2D eigenvalue weighted by atomic mass is 14.3. The zero-order valence-electron chi connectivity index (χ0n) is 81.5. The number of hydrogen-bond acceptors (Lipinski definition) is 0. The molecule has 0 saturated heterocycles. The van der Waals surface area contributed by atoms with Gasteiger partial charge in [-0.3, -0.25) is 0 Å². The Hall–Kier alpha value is -13.1. The second-order valence-electron chi connectivity index (χ2n) is 36.2. The molecule has 0 spiro atoms. The van der Waals surface area contributed by atoms with Crippen LogP contribution in [0.15, 0.2) is 200 Å². The molecule has 0 amide bonds. The molecular formula is C132H138. The number of hydrogen-bond donors (Lipinski definition) is 0. The van der Waals surface area contributed by atoms with Gasteiger partial charge in [0.1, 0.15) is 0 Å². The lowest BCUT2D eigenvalue weighted by Gasteiger charge is -2.20. The highest BCUT2D eigenvalue weighted by molar-refractivity contribution is 5.63.